The molecule has 2 aromatic rings. The third kappa shape index (κ3) is 3.60. The van der Waals surface area contributed by atoms with Gasteiger partial charge in [-0.15, -0.1) is 0 Å². The first-order chi connectivity index (χ1) is 13.1. The number of phenolic OH excluding ortho intramolecular Hbond substituents is 1. The van der Waals surface area contributed by atoms with Gasteiger partial charge in [-0.05, 0) is 34.1 Å². The highest BCUT2D eigenvalue weighted by Crippen LogP contribution is 2.37. The van der Waals surface area contributed by atoms with Gasteiger partial charge >= 0.3 is 6.18 Å². The van der Waals surface area contributed by atoms with E-state index in [9.17, 15) is 33.2 Å². The second-order valence-electron chi connectivity index (χ2n) is 5.58. The molecule has 1 N–H and O–H groups in total. The number of carbonyl (C=O) groups is 1. The van der Waals surface area contributed by atoms with Gasteiger partial charge in [-0.25, -0.2) is 0 Å². The van der Waals surface area contributed by atoms with Gasteiger partial charge in [0.1, 0.15) is 5.75 Å². The topological polar surface area (TPSA) is 96.0 Å². The molecular weight excluding hydrogens is 447 g/mol. The summed E-state index contributed by atoms with van der Waals surface area (Å²) in [6, 6.07) is 9.32. The van der Waals surface area contributed by atoms with Crippen LogP contribution in [0.15, 0.2) is 57.6 Å². The Kier molecular flexibility index (Phi) is 4.94. The highest BCUT2D eigenvalue weighted by Gasteiger charge is 2.47. The smallest absolute Gasteiger partial charge is 0.435 e. The van der Waals surface area contributed by atoms with Crippen LogP contribution >= 0.6 is 15.9 Å². The van der Waals surface area contributed by atoms with Crippen molar-refractivity contribution in [3.63, 3.8) is 0 Å². The summed E-state index contributed by atoms with van der Waals surface area (Å²) in [5, 5.41) is 25.0. The second kappa shape index (κ2) is 7.08. The van der Waals surface area contributed by atoms with E-state index >= 15 is 0 Å². The van der Waals surface area contributed by atoms with Gasteiger partial charge in [0, 0.05) is 17.7 Å². The Hall–Kier alpha value is -3.21. The average Bonchev–Trinajstić information content (AvgIpc) is 2.96. The maximum Gasteiger partial charge on any atom is 0.435 e. The number of phenols is 1. The van der Waals surface area contributed by atoms with Gasteiger partial charge in [-0.3, -0.25) is 14.9 Å². The van der Waals surface area contributed by atoms with Crippen molar-refractivity contribution in [2.45, 2.75) is 6.18 Å². The zero-order valence-corrected chi connectivity index (χ0v) is 15.2. The van der Waals surface area contributed by atoms with Crippen molar-refractivity contribution in [2.24, 2.45) is 5.10 Å². The number of nitro benzene ring substituents is 1. The largest absolute Gasteiger partial charge is 0.506 e. The number of para-hydroxylation sites is 1. The van der Waals surface area contributed by atoms with Crippen molar-refractivity contribution >= 4 is 45.0 Å². The van der Waals surface area contributed by atoms with Crippen LogP contribution < -0.4 is 5.01 Å². The molecule has 0 bridgehead atoms. The Morgan fingerprint density at radius 3 is 2.43 bits per heavy atom. The maximum absolute atomic E-state index is 13.4. The summed E-state index contributed by atoms with van der Waals surface area (Å²) in [6.07, 6.45) is -4.23. The first-order valence-corrected chi connectivity index (χ1v) is 8.33. The first-order valence-electron chi connectivity index (χ1n) is 7.54. The Morgan fingerprint density at radius 2 is 1.86 bits per heavy atom. The summed E-state index contributed by atoms with van der Waals surface area (Å²) in [6.45, 7) is 0. The number of alkyl halides is 3. The molecule has 0 radical (unpaired) electrons. The summed E-state index contributed by atoms with van der Waals surface area (Å²) >= 11 is 2.90. The van der Waals surface area contributed by atoms with E-state index in [0.717, 1.165) is 18.2 Å². The molecule has 0 aromatic heterocycles. The molecule has 0 saturated carbocycles. The lowest BCUT2D eigenvalue weighted by Gasteiger charge is -2.11. The van der Waals surface area contributed by atoms with Gasteiger partial charge in [0.2, 0.25) is 0 Å². The maximum atomic E-state index is 13.4. The van der Waals surface area contributed by atoms with Crippen molar-refractivity contribution in [1.29, 1.82) is 0 Å². The number of anilines is 1. The van der Waals surface area contributed by atoms with E-state index in [1.54, 1.807) is 6.07 Å². The third-order valence-corrected chi connectivity index (χ3v) is 4.34. The minimum atomic E-state index is -4.96. The zero-order chi connectivity index (χ0) is 20.6. The Morgan fingerprint density at radius 1 is 1.21 bits per heavy atom. The molecule has 0 spiro atoms. The lowest BCUT2D eigenvalue weighted by Crippen LogP contribution is -2.25. The van der Waals surface area contributed by atoms with E-state index in [1.165, 1.54) is 24.3 Å². The molecule has 3 rings (SSSR count). The first kappa shape index (κ1) is 19.5. The molecule has 0 unspecified atom stereocenters. The standard InChI is InChI=1S/C17H9BrF3N3O4/c18-13-8-11(24(27)28)6-9(14(13)25)7-12-15(17(19,20)21)22-23(16(12)26)10-4-2-1-3-5-10/h1-8,25H/b12-7-. The number of hydrogen-bond donors (Lipinski definition) is 1. The van der Waals surface area contributed by atoms with Crippen molar-refractivity contribution in [1.82, 2.24) is 0 Å². The van der Waals surface area contributed by atoms with Crippen molar-refractivity contribution in [3.05, 3.63) is 68.2 Å². The Balaban J connectivity index is 2.16. The fourth-order valence-corrected chi connectivity index (χ4v) is 2.94. The van der Waals surface area contributed by atoms with Crippen LogP contribution in [0.4, 0.5) is 24.5 Å². The van der Waals surface area contributed by atoms with E-state index in [-0.39, 0.29) is 15.7 Å². The summed E-state index contributed by atoms with van der Waals surface area (Å²) < 4.78 is 40.2. The van der Waals surface area contributed by atoms with Crippen molar-refractivity contribution < 1.29 is 28.0 Å². The van der Waals surface area contributed by atoms with Gasteiger partial charge in [-0.1, -0.05) is 18.2 Å². The highest BCUT2D eigenvalue weighted by atomic mass is 79.9. The van der Waals surface area contributed by atoms with Gasteiger partial charge in [0.25, 0.3) is 11.6 Å². The molecule has 0 fully saturated rings. The number of carbonyl (C=O) groups excluding carboxylic acids is 1. The molecule has 28 heavy (non-hydrogen) atoms. The zero-order valence-electron chi connectivity index (χ0n) is 13.6. The fraction of sp³-hybridized carbons (Fsp3) is 0.0588. The van der Waals surface area contributed by atoms with Crippen LogP contribution in [0.3, 0.4) is 0 Å². The molecule has 0 atom stereocenters. The van der Waals surface area contributed by atoms with Crippen LogP contribution in [0.25, 0.3) is 6.08 Å². The number of hydrogen-bond acceptors (Lipinski definition) is 5. The second-order valence-corrected chi connectivity index (χ2v) is 6.43. The molecule has 1 heterocycles. The molecular formula is C17H9BrF3N3O4. The normalized spacial score (nSPS) is 15.9. The summed E-state index contributed by atoms with van der Waals surface area (Å²) in [5.41, 5.74) is -3.02. The lowest BCUT2D eigenvalue weighted by atomic mass is 10.0. The molecule has 144 valence electrons. The van der Waals surface area contributed by atoms with E-state index in [2.05, 4.69) is 21.0 Å². The van der Waals surface area contributed by atoms with Crippen LogP contribution in [0.5, 0.6) is 5.75 Å². The van der Waals surface area contributed by atoms with Gasteiger partial charge in [0.05, 0.1) is 20.7 Å². The SMILES string of the molecule is O=C1/C(=C\c2cc([N+](=O)[O-])cc(Br)c2O)C(C(F)(F)F)=NN1c1ccccc1. The van der Waals surface area contributed by atoms with E-state index in [1.807, 2.05) is 0 Å². The van der Waals surface area contributed by atoms with Crippen molar-refractivity contribution in [2.75, 3.05) is 5.01 Å². The minimum Gasteiger partial charge on any atom is -0.506 e. The monoisotopic (exact) mass is 455 g/mol. The molecule has 0 saturated heterocycles. The van der Waals surface area contributed by atoms with Crippen LogP contribution in [0, 0.1) is 10.1 Å². The van der Waals surface area contributed by atoms with E-state index in [0.29, 0.717) is 5.01 Å². The summed E-state index contributed by atoms with van der Waals surface area (Å²) in [5.74, 6) is -1.63. The predicted molar refractivity (Wildman–Crippen MR) is 97.9 cm³/mol. The molecule has 11 heteroatoms. The van der Waals surface area contributed by atoms with Crippen LogP contribution in [0.1, 0.15) is 5.56 Å². The van der Waals surface area contributed by atoms with Crippen LogP contribution in [-0.4, -0.2) is 27.8 Å². The Labute approximate surface area is 163 Å². The number of aromatic hydroxyl groups is 1. The Bertz CT molecular complexity index is 1040. The van der Waals surface area contributed by atoms with Gasteiger partial charge in [-0.2, -0.15) is 23.3 Å². The molecule has 1 aliphatic rings. The molecule has 1 aliphatic heterocycles. The summed E-state index contributed by atoms with van der Waals surface area (Å²) in [7, 11) is 0. The number of nitro groups is 1. The predicted octanol–water partition coefficient (Wildman–Crippen LogP) is 4.41. The third-order valence-electron chi connectivity index (χ3n) is 3.74. The fourth-order valence-electron chi connectivity index (χ4n) is 2.47. The summed E-state index contributed by atoms with van der Waals surface area (Å²) in [4.78, 5) is 22.8. The van der Waals surface area contributed by atoms with Crippen molar-refractivity contribution in [3.8, 4) is 5.75 Å². The number of amides is 1. The number of rotatable bonds is 3. The lowest BCUT2D eigenvalue weighted by molar-refractivity contribution is -0.385. The number of benzene rings is 2. The highest BCUT2D eigenvalue weighted by molar-refractivity contribution is 9.10. The average molecular weight is 456 g/mol. The number of halogens is 4. The quantitative estimate of drug-likeness (QED) is 0.421. The number of nitrogens with zero attached hydrogens (tertiary/aromatic N) is 3. The van der Waals surface area contributed by atoms with E-state index < -0.39 is 39.7 Å². The molecule has 2 aromatic carbocycles. The minimum absolute atomic E-state index is 0.107. The van der Waals surface area contributed by atoms with Crippen LogP contribution in [-0.2, 0) is 4.79 Å². The molecule has 1 amide bonds. The number of non-ortho nitro benzene ring substituents is 1. The van der Waals surface area contributed by atoms with Gasteiger partial charge < -0.3 is 5.11 Å². The molecule has 7 nitrogen and oxygen atoms in total. The van der Waals surface area contributed by atoms with E-state index in [4.69, 9.17) is 0 Å². The number of hydrazone groups is 1. The van der Waals surface area contributed by atoms with Crippen LogP contribution in [0.2, 0.25) is 0 Å². The van der Waals surface area contributed by atoms with Gasteiger partial charge in [0.15, 0.2) is 5.71 Å². The molecule has 0 aliphatic carbocycles.